The monoisotopic (exact) mass is 516 g/mol. The number of anilines is 1. The molecular weight excluding hydrogens is 488 g/mol. The average molecular weight is 517 g/mol. The molecule has 38 heavy (non-hydrogen) atoms. The highest BCUT2D eigenvalue weighted by Gasteiger charge is 2.61. The number of rotatable bonds is 9. The second-order valence-electron chi connectivity index (χ2n) is 9.71. The molecule has 9 heteroatoms. The minimum Gasteiger partial charge on any atom is -0.462 e. The van der Waals surface area contributed by atoms with Crippen molar-refractivity contribution in [1.29, 1.82) is 0 Å². The molecule has 0 aromatic heterocycles. The lowest BCUT2D eigenvalue weighted by Crippen LogP contribution is -2.48. The van der Waals surface area contributed by atoms with E-state index in [9.17, 15) is 24.0 Å². The number of carbonyl (C=O) groups is 5. The number of amides is 3. The molecule has 0 unspecified atom stereocenters. The fourth-order valence-electron chi connectivity index (χ4n) is 5.68. The number of fused-ring (bicyclic) bond motifs is 5. The number of imide groups is 1. The first-order valence-electron chi connectivity index (χ1n) is 12.7. The van der Waals surface area contributed by atoms with Crippen LogP contribution < -0.4 is 5.32 Å². The number of likely N-dealkylation sites (tertiary alicyclic amines) is 1. The Balaban J connectivity index is 1.26. The predicted octanol–water partition coefficient (Wildman–Crippen LogP) is 2.76. The first-order valence-corrected chi connectivity index (χ1v) is 12.7. The van der Waals surface area contributed by atoms with Crippen molar-refractivity contribution >= 4 is 35.3 Å². The molecule has 2 aromatic rings. The van der Waals surface area contributed by atoms with E-state index in [0.29, 0.717) is 11.3 Å². The van der Waals surface area contributed by atoms with Gasteiger partial charge < -0.3 is 14.8 Å². The summed E-state index contributed by atoms with van der Waals surface area (Å²) < 4.78 is 10.3. The zero-order chi connectivity index (χ0) is 26.8. The Morgan fingerprint density at radius 3 is 2.16 bits per heavy atom. The predicted molar refractivity (Wildman–Crippen MR) is 135 cm³/mol. The summed E-state index contributed by atoms with van der Waals surface area (Å²) in [4.78, 5) is 65.3. The summed E-state index contributed by atoms with van der Waals surface area (Å²) in [6.07, 6.45) is 4.87. The normalized spacial score (nSPS) is 23.8. The fourth-order valence-corrected chi connectivity index (χ4v) is 5.68. The molecule has 1 heterocycles. The summed E-state index contributed by atoms with van der Waals surface area (Å²) in [5.41, 5.74) is 1.51. The number of benzene rings is 2. The van der Waals surface area contributed by atoms with Crippen molar-refractivity contribution < 1.29 is 33.4 Å². The van der Waals surface area contributed by atoms with E-state index in [0.717, 1.165) is 16.9 Å². The molecule has 1 saturated heterocycles. The van der Waals surface area contributed by atoms with Crippen LogP contribution in [0.5, 0.6) is 0 Å². The molecule has 9 nitrogen and oxygen atoms in total. The molecule has 5 rings (SSSR count). The molecule has 3 amide bonds. The van der Waals surface area contributed by atoms with E-state index in [2.05, 4.69) is 5.32 Å². The van der Waals surface area contributed by atoms with Crippen LogP contribution in [0.3, 0.4) is 0 Å². The van der Waals surface area contributed by atoms with Gasteiger partial charge >= 0.3 is 11.9 Å². The van der Waals surface area contributed by atoms with E-state index in [-0.39, 0.29) is 36.7 Å². The SMILES string of the molecule is CCOC(=O)c1ccc(NC(=O)COC(=O)[C@H](Cc2ccccc2)N2C(=O)[C@@H]3[C@H](C2=O)[C@H]2C=C[C@H]3C2)cc1. The number of hydrogen-bond acceptors (Lipinski definition) is 7. The maximum atomic E-state index is 13.4. The Labute approximate surface area is 219 Å². The first-order chi connectivity index (χ1) is 18.4. The van der Waals surface area contributed by atoms with Gasteiger partial charge in [0.25, 0.3) is 5.91 Å². The van der Waals surface area contributed by atoms with Gasteiger partial charge in [0.1, 0.15) is 6.04 Å². The molecule has 2 fully saturated rings. The molecule has 2 aromatic carbocycles. The van der Waals surface area contributed by atoms with Crippen molar-refractivity contribution in [2.45, 2.75) is 25.8 Å². The van der Waals surface area contributed by atoms with Gasteiger partial charge in [0.15, 0.2) is 6.61 Å². The van der Waals surface area contributed by atoms with E-state index in [1.807, 2.05) is 42.5 Å². The van der Waals surface area contributed by atoms with Gasteiger partial charge in [-0.25, -0.2) is 9.59 Å². The third kappa shape index (κ3) is 4.83. The number of nitrogens with zero attached hydrogens (tertiary/aromatic N) is 1. The Hall–Kier alpha value is -4.27. The number of allylic oxidation sites excluding steroid dienone is 2. The summed E-state index contributed by atoms with van der Waals surface area (Å²) in [7, 11) is 0. The number of carbonyl (C=O) groups excluding carboxylic acids is 5. The topological polar surface area (TPSA) is 119 Å². The van der Waals surface area contributed by atoms with Crippen molar-refractivity contribution in [3.8, 4) is 0 Å². The lowest BCUT2D eigenvalue weighted by atomic mass is 9.85. The second kappa shape index (κ2) is 10.6. The summed E-state index contributed by atoms with van der Waals surface area (Å²) in [6, 6.07) is 14.0. The van der Waals surface area contributed by atoms with E-state index >= 15 is 0 Å². The number of nitrogens with one attached hydrogen (secondary N) is 1. The average Bonchev–Trinajstić information content (AvgIpc) is 3.61. The Bertz CT molecular complexity index is 1260. The molecule has 196 valence electrons. The van der Waals surface area contributed by atoms with Crippen molar-refractivity contribution in [3.63, 3.8) is 0 Å². The molecule has 1 saturated carbocycles. The van der Waals surface area contributed by atoms with Gasteiger partial charge in [-0.05, 0) is 55.0 Å². The van der Waals surface area contributed by atoms with Crippen molar-refractivity contribution in [2.75, 3.05) is 18.5 Å². The molecule has 5 atom stereocenters. The Kier molecular flexibility index (Phi) is 7.09. The third-order valence-electron chi connectivity index (χ3n) is 7.39. The van der Waals surface area contributed by atoms with Gasteiger partial charge in [-0.15, -0.1) is 0 Å². The maximum absolute atomic E-state index is 13.4. The first kappa shape index (κ1) is 25.4. The zero-order valence-corrected chi connectivity index (χ0v) is 20.9. The van der Waals surface area contributed by atoms with Gasteiger partial charge in [0, 0.05) is 12.1 Å². The molecular formula is C29H28N2O7. The minimum absolute atomic E-state index is 0.0147. The molecule has 1 N–H and O–H groups in total. The van der Waals surface area contributed by atoms with Crippen LogP contribution >= 0.6 is 0 Å². The van der Waals surface area contributed by atoms with Crippen molar-refractivity contribution in [2.24, 2.45) is 23.7 Å². The van der Waals surface area contributed by atoms with E-state index in [1.165, 1.54) is 24.3 Å². The minimum atomic E-state index is -1.17. The Morgan fingerprint density at radius 2 is 1.55 bits per heavy atom. The Morgan fingerprint density at radius 1 is 0.921 bits per heavy atom. The zero-order valence-electron chi connectivity index (χ0n) is 20.9. The highest BCUT2D eigenvalue weighted by molar-refractivity contribution is 6.09. The number of esters is 2. The quantitative estimate of drug-likeness (QED) is 0.309. The third-order valence-corrected chi connectivity index (χ3v) is 7.39. The van der Waals surface area contributed by atoms with Gasteiger partial charge in [-0.3, -0.25) is 19.3 Å². The van der Waals surface area contributed by atoms with Crippen LogP contribution in [0, 0.1) is 23.7 Å². The second-order valence-corrected chi connectivity index (χ2v) is 9.71. The molecule has 2 bridgehead atoms. The molecule has 2 aliphatic carbocycles. The summed E-state index contributed by atoms with van der Waals surface area (Å²) in [5, 5.41) is 2.60. The largest absolute Gasteiger partial charge is 0.462 e. The van der Waals surface area contributed by atoms with E-state index in [1.54, 1.807) is 6.92 Å². The van der Waals surface area contributed by atoms with Gasteiger partial charge in [-0.2, -0.15) is 0 Å². The van der Waals surface area contributed by atoms with Gasteiger partial charge in [0.05, 0.1) is 24.0 Å². The summed E-state index contributed by atoms with van der Waals surface area (Å²) in [5.74, 6) is -3.43. The highest BCUT2D eigenvalue weighted by Crippen LogP contribution is 2.53. The molecule has 0 spiro atoms. The van der Waals surface area contributed by atoms with E-state index < -0.39 is 42.3 Å². The molecule has 0 radical (unpaired) electrons. The lowest BCUT2D eigenvalue weighted by molar-refractivity contribution is -0.160. The standard InChI is InChI=1S/C29H28N2O7/c1-2-37-28(35)18-10-12-21(13-11-18)30-23(32)16-38-29(36)22(14-17-6-4-3-5-7-17)31-26(33)24-19-8-9-20(15-19)25(24)27(31)34/h3-13,19-20,22,24-25H,2,14-16H2,1H3,(H,30,32)/t19-,20-,22-,24-,25+/m0/s1. The van der Waals surface area contributed by atoms with Crippen LogP contribution in [0.15, 0.2) is 66.7 Å². The summed E-state index contributed by atoms with van der Waals surface area (Å²) >= 11 is 0. The lowest BCUT2D eigenvalue weighted by Gasteiger charge is -2.26. The van der Waals surface area contributed by atoms with Crippen LogP contribution in [0.2, 0.25) is 0 Å². The molecule has 3 aliphatic rings. The van der Waals surface area contributed by atoms with Crippen LogP contribution in [-0.4, -0.2) is 53.8 Å². The van der Waals surface area contributed by atoms with Crippen LogP contribution in [0.1, 0.15) is 29.3 Å². The van der Waals surface area contributed by atoms with Crippen LogP contribution in [0.25, 0.3) is 0 Å². The van der Waals surface area contributed by atoms with Crippen molar-refractivity contribution in [3.05, 3.63) is 77.9 Å². The van der Waals surface area contributed by atoms with E-state index in [4.69, 9.17) is 9.47 Å². The maximum Gasteiger partial charge on any atom is 0.338 e. The number of hydrogen-bond donors (Lipinski definition) is 1. The highest BCUT2D eigenvalue weighted by atomic mass is 16.5. The van der Waals surface area contributed by atoms with Gasteiger partial charge in [0.2, 0.25) is 11.8 Å². The van der Waals surface area contributed by atoms with Crippen LogP contribution in [0.4, 0.5) is 5.69 Å². The van der Waals surface area contributed by atoms with Gasteiger partial charge in [-0.1, -0.05) is 42.5 Å². The smallest absolute Gasteiger partial charge is 0.338 e. The van der Waals surface area contributed by atoms with Crippen molar-refractivity contribution in [1.82, 2.24) is 4.90 Å². The summed E-state index contributed by atoms with van der Waals surface area (Å²) in [6.45, 7) is 1.36. The van der Waals surface area contributed by atoms with Crippen LogP contribution in [-0.2, 0) is 35.1 Å². The molecule has 1 aliphatic heterocycles. The fraction of sp³-hybridized carbons (Fsp3) is 0.345. The number of ether oxygens (including phenoxy) is 2.